The lowest BCUT2D eigenvalue weighted by Gasteiger charge is -2.26. The molecule has 1 saturated heterocycles. The number of dihydropyridines is 1. The Morgan fingerprint density at radius 2 is 2.03 bits per heavy atom. The molecule has 2 aliphatic rings. The van der Waals surface area contributed by atoms with Gasteiger partial charge in [0.05, 0.1) is 25.5 Å². The lowest BCUT2D eigenvalue weighted by atomic mass is 10.1. The van der Waals surface area contributed by atoms with Crippen LogP contribution in [0.4, 0.5) is 5.82 Å². The Bertz CT molecular complexity index is 1280. The summed E-state index contributed by atoms with van der Waals surface area (Å²) in [5.41, 5.74) is 5.01. The zero-order valence-electron chi connectivity index (χ0n) is 19.3. The molecule has 0 radical (unpaired) electrons. The molecule has 34 heavy (non-hydrogen) atoms. The first-order valence-corrected chi connectivity index (χ1v) is 11.6. The van der Waals surface area contributed by atoms with Gasteiger partial charge in [0.25, 0.3) is 5.56 Å². The molecule has 0 spiro atoms. The summed E-state index contributed by atoms with van der Waals surface area (Å²) >= 11 is 0. The highest BCUT2D eigenvalue weighted by Crippen LogP contribution is 2.19. The third-order valence-electron chi connectivity index (χ3n) is 6.10. The third-order valence-corrected chi connectivity index (χ3v) is 6.10. The number of pyridine rings is 2. The molecule has 0 aliphatic carbocycles. The molecule has 2 N–H and O–H groups in total. The number of morpholine rings is 1. The van der Waals surface area contributed by atoms with E-state index < -0.39 is 0 Å². The van der Waals surface area contributed by atoms with Gasteiger partial charge in [0, 0.05) is 50.8 Å². The number of hydrogen-bond donors (Lipinski definition) is 2. The van der Waals surface area contributed by atoms with E-state index in [0.717, 1.165) is 55.4 Å². The van der Waals surface area contributed by atoms with Crippen molar-refractivity contribution < 1.29 is 4.74 Å². The van der Waals surface area contributed by atoms with Crippen LogP contribution < -0.4 is 16.2 Å². The highest BCUT2D eigenvalue weighted by atomic mass is 16.5. The van der Waals surface area contributed by atoms with E-state index in [9.17, 15) is 4.79 Å². The van der Waals surface area contributed by atoms with Crippen molar-refractivity contribution in [1.29, 1.82) is 0 Å². The van der Waals surface area contributed by atoms with Gasteiger partial charge in [0.15, 0.2) is 11.5 Å². The van der Waals surface area contributed by atoms with Gasteiger partial charge in [-0.15, -0.1) is 0 Å². The molecule has 3 aromatic heterocycles. The van der Waals surface area contributed by atoms with E-state index in [4.69, 9.17) is 9.72 Å². The molecule has 1 fully saturated rings. The Kier molecular flexibility index (Phi) is 6.64. The zero-order valence-corrected chi connectivity index (χ0v) is 19.3. The second-order valence-electron chi connectivity index (χ2n) is 8.53. The van der Waals surface area contributed by atoms with E-state index in [1.165, 1.54) is 0 Å². The van der Waals surface area contributed by atoms with E-state index in [1.54, 1.807) is 17.0 Å². The van der Waals surface area contributed by atoms with Crippen LogP contribution in [0.3, 0.4) is 0 Å². The summed E-state index contributed by atoms with van der Waals surface area (Å²) in [6.45, 7) is 7.88. The highest BCUT2D eigenvalue weighted by molar-refractivity contribution is 5.77. The smallest absolute Gasteiger partial charge is 0.295 e. The molecule has 3 aromatic rings. The van der Waals surface area contributed by atoms with E-state index in [1.807, 2.05) is 37.3 Å². The maximum atomic E-state index is 13.5. The second-order valence-corrected chi connectivity index (χ2v) is 8.53. The fourth-order valence-electron chi connectivity index (χ4n) is 4.15. The molecule has 0 unspecified atom stereocenters. The van der Waals surface area contributed by atoms with Gasteiger partial charge in [-0.3, -0.25) is 19.2 Å². The van der Waals surface area contributed by atoms with Gasteiger partial charge in [-0.25, -0.2) is 9.97 Å². The predicted octanol–water partition coefficient (Wildman–Crippen LogP) is 1.87. The summed E-state index contributed by atoms with van der Waals surface area (Å²) in [4.78, 5) is 29.5. The molecule has 9 heteroatoms. The Labute approximate surface area is 198 Å². The molecule has 5 rings (SSSR count). The molecule has 0 saturated carbocycles. The van der Waals surface area contributed by atoms with Crippen molar-refractivity contribution in [3.8, 4) is 0 Å². The molecule has 176 valence electrons. The molecule has 0 atom stereocenters. The van der Waals surface area contributed by atoms with Crippen LogP contribution in [-0.4, -0.2) is 70.4 Å². The standard InChI is InChI=1S/C25H29N7O2/c1-18-4-5-20(16-28-18)21-6-7-22-24(30-21)32(17-19-3-2-8-26-15-19)25(33)23(29-22)27-9-10-31-11-13-34-14-12-31/h2-8,15,28H,9-14,16-17H2,1H3,(H,27,29). The average molecular weight is 460 g/mol. The first-order chi connectivity index (χ1) is 16.7. The zero-order chi connectivity index (χ0) is 23.3. The number of aromatic nitrogens is 4. The van der Waals surface area contributed by atoms with Crippen LogP contribution >= 0.6 is 0 Å². The van der Waals surface area contributed by atoms with Crippen LogP contribution in [0, 0.1) is 0 Å². The number of nitrogens with zero attached hydrogens (tertiary/aromatic N) is 5. The highest BCUT2D eigenvalue weighted by Gasteiger charge is 2.16. The van der Waals surface area contributed by atoms with Crippen molar-refractivity contribution in [3.05, 3.63) is 76.1 Å². The lowest BCUT2D eigenvalue weighted by Crippen LogP contribution is -2.39. The summed E-state index contributed by atoms with van der Waals surface area (Å²) in [5.74, 6) is 0.344. The largest absolute Gasteiger partial charge is 0.384 e. The molecule has 2 aliphatic heterocycles. The van der Waals surface area contributed by atoms with Crippen molar-refractivity contribution in [2.45, 2.75) is 13.5 Å². The minimum Gasteiger partial charge on any atom is -0.384 e. The number of fused-ring (bicyclic) bond motifs is 1. The second kappa shape index (κ2) is 10.1. The SMILES string of the molecule is CC1=CC=C(c2ccc3nc(NCCN4CCOCC4)c(=O)n(Cc4cccnc4)c3n2)CN1. The van der Waals surface area contributed by atoms with E-state index >= 15 is 0 Å². The van der Waals surface area contributed by atoms with Crippen LogP contribution in [0.5, 0.6) is 0 Å². The monoisotopic (exact) mass is 459 g/mol. The van der Waals surface area contributed by atoms with E-state index in [-0.39, 0.29) is 5.56 Å². The average Bonchev–Trinajstić information content (AvgIpc) is 2.88. The number of rotatable bonds is 7. The summed E-state index contributed by atoms with van der Waals surface area (Å²) < 4.78 is 7.10. The van der Waals surface area contributed by atoms with Crippen LogP contribution in [0.2, 0.25) is 0 Å². The molecular formula is C25H29N7O2. The molecule has 0 aromatic carbocycles. The summed E-state index contributed by atoms with van der Waals surface area (Å²) in [7, 11) is 0. The van der Waals surface area contributed by atoms with Crippen molar-refractivity contribution in [3.63, 3.8) is 0 Å². The van der Waals surface area contributed by atoms with Gasteiger partial charge < -0.3 is 15.4 Å². The number of nitrogens with one attached hydrogen (secondary N) is 2. The van der Waals surface area contributed by atoms with Crippen LogP contribution in [0.1, 0.15) is 18.2 Å². The minimum atomic E-state index is -0.186. The quantitative estimate of drug-likeness (QED) is 0.553. The number of ether oxygens (including phenoxy) is 1. The summed E-state index contributed by atoms with van der Waals surface area (Å²) in [6.07, 6.45) is 7.60. The fraction of sp³-hybridized carbons (Fsp3) is 0.360. The number of allylic oxidation sites excluding steroid dienone is 3. The Hall–Kier alpha value is -3.56. The van der Waals surface area contributed by atoms with E-state index in [2.05, 4.69) is 31.6 Å². The van der Waals surface area contributed by atoms with Gasteiger partial charge in [-0.1, -0.05) is 12.1 Å². The number of anilines is 1. The minimum absolute atomic E-state index is 0.186. The van der Waals surface area contributed by atoms with Crippen molar-refractivity contribution in [2.24, 2.45) is 0 Å². The Morgan fingerprint density at radius 3 is 2.79 bits per heavy atom. The van der Waals surface area contributed by atoms with Gasteiger partial charge in [0.1, 0.15) is 5.52 Å². The first-order valence-electron chi connectivity index (χ1n) is 11.6. The van der Waals surface area contributed by atoms with Crippen molar-refractivity contribution >= 4 is 22.6 Å². The molecule has 0 amide bonds. The van der Waals surface area contributed by atoms with Gasteiger partial charge >= 0.3 is 0 Å². The molecular weight excluding hydrogens is 430 g/mol. The van der Waals surface area contributed by atoms with E-state index in [0.29, 0.717) is 36.6 Å². The summed E-state index contributed by atoms with van der Waals surface area (Å²) in [5, 5.41) is 6.60. The topological polar surface area (TPSA) is 97.2 Å². The van der Waals surface area contributed by atoms with Crippen molar-refractivity contribution in [2.75, 3.05) is 51.3 Å². The van der Waals surface area contributed by atoms with Gasteiger partial charge in [-0.05, 0) is 42.3 Å². The van der Waals surface area contributed by atoms with Crippen LogP contribution in [-0.2, 0) is 11.3 Å². The summed E-state index contributed by atoms with van der Waals surface area (Å²) in [6, 6.07) is 7.74. The maximum absolute atomic E-state index is 13.5. The van der Waals surface area contributed by atoms with Crippen LogP contribution in [0.25, 0.3) is 16.7 Å². The fourth-order valence-corrected chi connectivity index (χ4v) is 4.15. The molecule has 9 nitrogen and oxygen atoms in total. The predicted molar refractivity (Wildman–Crippen MR) is 133 cm³/mol. The van der Waals surface area contributed by atoms with Gasteiger partial charge in [-0.2, -0.15) is 0 Å². The lowest BCUT2D eigenvalue weighted by molar-refractivity contribution is 0.0398. The maximum Gasteiger partial charge on any atom is 0.295 e. The Balaban J connectivity index is 1.49. The first kappa shape index (κ1) is 22.2. The number of hydrogen-bond acceptors (Lipinski definition) is 8. The van der Waals surface area contributed by atoms with Gasteiger partial charge in [0.2, 0.25) is 0 Å². The van der Waals surface area contributed by atoms with Crippen molar-refractivity contribution in [1.82, 2.24) is 29.7 Å². The van der Waals surface area contributed by atoms with Crippen LogP contribution in [0.15, 0.2) is 59.3 Å². The molecule has 5 heterocycles. The normalized spacial score (nSPS) is 16.6. The third kappa shape index (κ3) is 5.00. The molecule has 0 bridgehead atoms. The Morgan fingerprint density at radius 1 is 1.15 bits per heavy atom.